The number of aromatic nitrogens is 1. The second-order valence-corrected chi connectivity index (χ2v) is 9.11. The molecule has 0 aliphatic heterocycles. The number of nitrogens with zero attached hydrogens (tertiary/aromatic N) is 1. The number of hydrogen-bond acceptors (Lipinski definition) is 7. The number of Topliss-reactive ketones (excluding diaryl/α,β-unsaturated/α-hetero) is 1. The minimum Gasteiger partial charge on any atom is -0.493 e. The predicted octanol–water partition coefficient (Wildman–Crippen LogP) is 3.70. The van der Waals surface area contributed by atoms with Crippen molar-refractivity contribution in [2.24, 2.45) is 0 Å². The van der Waals surface area contributed by atoms with Gasteiger partial charge < -0.3 is 9.47 Å². The van der Waals surface area contributed by atoms with Crippen molar-refractivity contribution in [2.75, 3.05) is 13.4 Å². The molecule has 8 heteroatoms. The van der Waals surface area contributed by atoms with Crippen molar-refractivity contribution < 1.29 is 22.7 Å². The summed E-state index contributed by atoms with van der Waals surface area (Å²) in [6, 6.07) is 11.6. The Labute approximate surface area is 167 Å². The molecule has 0 saturated heterocycles. The van der Waals surface area contributed by atoms with Crippen LogP contribution in [-0.2, 0) is 27.5 Å². The lowest BCUT2D eigenvalue weighted by molar-refractivity contribution is -0.117. The van der Waals surface area contributed by atoms with Gasteiger partial charge in [-0.3, -0.25) is 4.79 Å². The van der Waals surface area contributed by atoms with E-state index in [9.17, 15) is 13.2 Å². The summed E-state index contributed by atoms with van der Waals surface area (Å²) >= 11 is 1.41. The summed E-state index contributed by atoms with van der Waals surface area (Å²) in [6.07, 6.45) is 3.00. The molecule has 0 amide bonds. The zero-order chi connectivity index (χ0) is 20.1. The highest BCUT2D eigenvalue weighted by Gasteiger charge is 2.17. The topological polar surface area (TPSA) is 82.6 Å². The molecule has 2 aromatic carbocycles. The SMILES string of the molecule is COc1ccccc1Oc1ccc(S(C)(=O)=O)cc1CC(=O)Cc1nccs1. The van der Waals surface area contributed by atoms with Gasteiger partial charge in [-0.2, -0.15) is 0 Å². The molecule has 6 nitrogen and oxygen atoms in total. The van der Waals surface area contributed by atoms with Crippen LogP contribution in [0.1, 0.15) is 10.6 Å². The van der Waals surface area contributed by atoms with Gasteiger partial charge in [0.25, 0.3) is 0 Å². The van der Waals surface area contributed by atoms with Crippen LogP contribution >= 0.6 is 11.3 Å². The quantitative estimate of drug-likeness (QED) is 0.556. The summed E-state index contributed by atoms with van der Waals surface area (Å²) < 4.78 is 35.1. The Morgan fingerprint density at radius 1 is 1.07 bits per heavy atom. The Morgan fingerprint density at radius 2 is 1.82 bits per heavy atom. The van der Waals surface area contributed by atoms with Gasteiger partial charge in [-0.05, 0) is 30.3 Å². The number of ketones is 1. The van der Waals surface area contributed by atoms with Gasteiger partial charge in [0.1, 0.15) is 11.5 Å². The van der Waals surface area contributed by atoms with Crippen molar-refractivity contribution in [3.8, 4) is 17.2 Å². The lowest BCUT2D eigenvalue weighted by atomic mass is 10.1. The molecule has 0 bridgehead atoms. The fraction of sp³-hybridized carbons (Fsp3) is 0.200. The molecule has 0 saturated carbocycles. The van der Waals surface area contributed by atoms with Gasteiger partial charge in [-0.15, -0.1) is 11.3 Å². The van der Waals surface area contributed by atoms with Crippen molar-refractivity contribution in [3.63, 3.8) is 0 Å². The number of carbonyl (C=O) groups excluding carboxylic acids is 1. The lowest BCUT2D eigenvalue weighted by Gasteiger charge is -2.14. The fourth-order valence-corrected chi connectivity index (χ4v) is 3.95. The van der Waals surface area contributed by atoms with Crippen molar-refractivity contribution in [2.45, 2.75) is 17.7 Å². The fourth-order valence-electron chi connectivity index (χ4n) is 2.63. The average Bonchev–Trinajstić information content (AvgIpc) is 3.15. The number of benzene rings is 2. The molecule has 0 radical (unpaired) electrons. The Kier molecular flexibility index (Phi) is 6.11. The molecule has 0 N–H and O–H groups in total. The van der Waals surface area contributed by atoms with Crippen LogP contribution in [0.2, 0.25) is 0 Å². The van der Waals surface area contributed by atoms with E-state index >= 15 is 0 Å². The minimum absolute atomic E-state index is 0.0351. The molecule has 0 fully saturated rings. The van der Waals surface area contributed by atoms with Crippen LogP contribution in [0, 0.1) is 0 Å². The van der Waals surface area contributed by atoms with Gasteiger partial charge in [0.15, 0.2) is 21.3 Å². The zero-order valence-corrected chi connectivity index (χ0v) is 17.0. The first-order valence-electron chi connectivity index (χ1n) is 8.41. The molecular weight excluding hydrogens is 398 g/mol. The zero-order valence-electron chi connectivity index (χ0n) is 15.4. The summed E-state index contributed by atoms with van der Waals surface area (Å²) in [7, 11) is -1.88. The Morgan fingerprint density at radius 3 is 2.46 bits per heavy atom. The summed E-state index contributed by atoms with van der Waals surface area (Å²) in [5.74, 6) is 1.34. The first-order chi connectivity index (χ1) is 13.4. The molecular formula is C20H19NO5S2. The van der Waals surface area contributed by atoms with Crippen LogP contribution in [0.25, 0.3) is 0 Å². The summed E-state index contributed by atoms with van der Waals surface area (Å²) in [4.78, 5) is 16.8. The van der Waals surface area contributed by atoms with Gasteiger partial charge in [0.05, 0.1) is 23.4 Å². The van der Waals surface area contributed by atoms with Gasteiger partial charge in [0.2, 0.25) is 0 Å². The van der Waals surface area contributed by atoms with Gasteiger partial charge in [-0.25, -0.2) is 13.4 Å². The standard InChI is InChI=1S/C20H19NO5S2/c1-25-18-5-3-4-6-19(18)26-17-8-7-16(28(2,23)24)12-14(17)11-15(22)13-20-21-9-10-27-20/h3-10,12H,11,13H2,1-2H3. The highest BCUT2D eigenvalue weighted by molar-refractivity contribution is 7.90. The van der Waals surface area contributed by atoms with E-state index in [2.05, 4.69) is 4.98 Å². The average molecular weight is 418 g/mol. The number of thiazole rings is 1. The summed E-state index contributed by atoms with van der Waals surface area (Å²) in [5.41, 5.74) is 0.496. The van der Waals surface area contributed by atoms with E-state index in [4.69, 9.17) is 9.47 Å². The Bertz CT molecular complexity index is 1080. The predicted molar refractivity (Wildman–Crippen MR) is 107 cm³/mol. The third-order valence-electron chi connectivity index (χ3n) is 3.97. The molecule has 0 spiro atoms. The van der Waals surface area contributed by atoms with Gasteiger partial charge in [0, 0.05) is 29.8 Å². The minimum atomic E-state index is -3.42. The van der Waals surface area contributed by atoms with E-state index in [-0.39, 0.29) is 23.5 Å². The molecule has 3 aromatic rings. The van der Waals surface area contributed by atoms with Crippen molar-refractivity contribution >= 4 is 27.0 Å². The number of sulfone groups is 1. The molecule has 0 unspecified atom stereocenters. The van der Waals surface area contributed by atoms with Crippen LogP contribution in [0.4, 0.5) is 0 Å². The number of carbonyl (C=O) groups is 1. The highest BCUT2D eigenvalue weighted by Crippen LogP contribution is 2.34. The largest absolute Gasteiger partial charge is 0.493 e. The third-order valence-corrected chi connectivity index (χ3v) is 5.86. The molecule has 0 atom stereocenters. The van der Waals surface area contributed by atoms with Gasteiger partial charge in [-0.1, -0.05) is 12.1 Å². The molecule has 1 heterocycles. The van der Waals surface area contributed by atoms with E-state index in [1.54, 1.807) is 30.5 Å². The Balaban J connectivity index is 1.93. The molecule has 1 aromatic heterocycles. The van der Waals surface area contributed by atoms with Crippen molar-refractivity contribution in [1.82, 2.24) is 4.98 Å². The van der Waals surface area contributed by atoms with Crippen molar-refractivity contribution in [3.05, 3.63) is 64.6 Å². The first-order valence-corrected chi connectivity index (χ1v) is 11.2. The maximum atomic E-state index is 12.5. The molecule has 0 aliphatic rings. The van der Waals surface area contributed by atoms with Crippen LogP contribution in [0.15, 0.2) is 58.9 Å². The first kappa shape index (κ1) is 20.0. The highest BCUT2D eigenvalue weighted by atomic mass is 32.2. The summed E-state index contributed by atoms with van der Waals surface area (Å²) in [5, 5.41) is 2.53. The monoisotopic (exact) mass is 417 g/mol. The van der Waals surface area contributed by atoms with E-state index in [0.717, 1.165) is 11.3 Å². The second-order valence-electron chi connectivity index (χ2n) is 6.11. The number of hydrogen-bond donors (Lipinski definition) is 0. The van der Waals surface area contributed by atoms with Crippen LogP contribution in [0.3, 0.4) is 0 Å². The van der Waals surface area contributed by atoms with Crippen molar-refractivity contribution in [1.29, 1.82) is 0 Å². The van der Waals surface area contributed by atoms with Crippen LogP contribution in [-0.4, -0.2) is 32.6 Å². The Hall–Kier alpha value is -2.71. The number of rotatable bonds is 8. The van der Waals surface area contributed by atoms with E-state index in [1.807, 2.05) is 11.4 Å². The molecule has 28 heavy (non-hydrogen) atoms. The van der Waals surface area contributed by atoms with Crippen LogP contribution < -0.4 is 9.47 Å². The van der Waals surface area contributed by atoms with Crippen LogP contribution in [0.5, 0.6) is 17.2 Å². The summed E-state index contributed by atoms with van der Waals surface area (Å²) in [6.45, 7) is 0. The normalized spacial score (nSPS) is 11.2. The molecule has 3 rings (SSSR count). The smallest absolute Gasteiger partial charge is 0.175 e. The maximum absolute atomic E-state index is 12.5. The van der Waals surface area contributed by atoms with E-state index in [1.165, 1.54) is 30.6 Å². The number of ether oxygens (including phenoxy) is 2. The lowest BCUT2D eigenvalue weighted by Crippen LogP contribution is -2.09. The maximum Gasteiger partial charge on any atom is 0.175 e. The van der Waals surface area contributed by atoms with E-state index in [0.29, 0.717) is 22.8 Å². The third kappa shape index (κ3) is 4.96. The number of methoxy groups -OCH3 is 1. The number of para-hydroxylation sites is 2. The molecule has 0 aliphatic carbocycles. The van der Waals surface area contributed by atoms with E-state index < -0.39 is 9.84 Å². The van der Waals surface area contributed by atoms with Gasteiger partial charge >= 0.3 is 0 Å². The second kappa shape index (κ2) is 8.53. The molecule has 146 valence electrons.